The Bertz CT molecular complexity index is 599. The van der Waals surface area contributed by atoms with Crippen molar-refractivity contribution in [3.8, 4) is 0 Å². The van der Waals surface area contributed by atoms with E-state index in [1.165, 1.54) is 10.4 Å². The topological polar surface area (TPSA) is 55.1 Å². The van der Waals surface area contributed by atoms with Crippen molar-refractivity contribution in [1.82, 2.24) is 5.32 Å². The Labute approximate surface area is 123 Å². The van der Waals surface area contributed by atoms with Gasteiger partial charge in [0.05, 0.1) is 6.54 Å². The first kappa shape index (κ1) is 14.3. The summed E-state index contributed by atoms with van der Waals surface area (Å²) in [5.41, 5.74) is 8.59. The number of nitrogens with two attached hydrogens (primary N) is 1. The zero-order valence-electron chi connectivity index (χ0n) is 11.4. The fraction of sp³-hybridized carbons (Fsp3) is 0.188. The monoisotopic (exact) mass is 286 g/mol. The Kier molecular flexibility index (Phi) is 4.96. The van der Waals surface area contributed by atoms with Crippen molar-refractivity contribution < 1.29 is 4.79 Å². The minimum absolute atomic E-state index is 0.0859. The number of nitrogen functional groups attached to an aromatic ring is 1. The fourth-order valence-corrected chi connectivity index (χ4v) is 2.76. The van der Waals surface area contributed by atoms with Crippen LogP contribution < -0.4 is 11.1 Å². The summed E-state index contributed by atoms with van der Waals surface area (Å²) in [6.45, 7) is 2.71. The van der Waals surface area contributed by atoms with Crippen molar-refractivity contribution in [2.75, 3.05) is 5.73 Å². The molecule has 2 rings (SSSR count). The van der Waals surface area contributed by atoms with Gasteiger partial charge >= 0.3 is 0 Å². The van der Waals surface area contributed by atoms with Crippen LogP contribution in [0.25, 0.3) is 6.08 Å². The highest BCUT2D eigenvalue weighted by Gasteiger charge is 2.03. The molecular weight excluding hydrogens is 268 g/mol. The van der Waals surface area contributed by atoms with Gasteiger partial charge < -0.3 is 11.1 Å². The lowest BCUT2D eigenvalue weighted by Gasteiger charge is -2.02. The lowest BCUT2D eigenvalue weighted by atomic mass is 10.2. The van der Waals surface area contributed by atoms with Crippen LogP contribution in [0.1, 0.15) is 22.9 Å². The number of anilines is 1. The Morgan fingerprint density at radius 1 is 1.30 bits per heavy atom. The standard InChI is InChI=1S/C16H18N2OS/c1-2-13-9-10-20-15(13)11-18-16(19)8-5-12-3-6-14(17)7-4-12/h3-10H,2,11,17H2,1H3,(H,18,19)/b8-5+. The molecule has 0 aliphatic carbocycles. The van der Waals surface area contributed by atoms with Gasteiger partial charge in [0, 0.05) is 16.6 Å². The van der Waals surface area contributed by atoms with E-state index in [4.69, 9.17) is 5.73 Å². The quantitative estimate of drug-likeness (QED) is 0.655. The average Bonchev–Trinajstić information content (AvgIpc) is 2.92. The molecule has 104 valence electrons. The first-order valence-corrected chi connectivity index (χ1v) is 7.43. The van der Waals surface area contributed by atoms with Gasteiger partial charge in [0.15, 0.2) is 0 Å². The number of carbonyl (C=O) groups excluding carboxylic acids is 1. The highest BCUT2D eigenvalue weighted by atomic mass is 32.1. The Morgan fingerprint density at radius 3 is 2.75 bits per heavy atom. The average molecular weight is 286 g/mol. The molecule has 0 fully saturated rings. The third kappa shape index (κ3) is 3.96. The van der Waals surface area contributed by atoms with Gasteiger partial charge in [-0.1, -0.05) is 19.1 Å². The van der Waals surface area contributed by atoms with Crippen LogP contribution in [-0.2, 0) is 17.8 Å². The van der Waals surface area contributed by atoms with Gasteiger partial charge in [-0.25, -0.2) is 0 Å². The number of carbonyl (C=O) groups is 1. The number of hydrogen-bond donors (Lipinski definition) is 2. The molecule has 0 aliphatic rings. The third-order valence-corrected chi connectivity index (χ3v) is 3.97. The molecule has 0 radical (unpaired) electrons. The summed E-state index contributed by atoms with van der Waals surface area (Å²) in [6.07, 6.45) is 4.32. The summed E-state index contributed by atoms with van der Waals surface area (Å²) >= 11 is 1.68. The van der Waals surface area contributed by atoms with Crippen molar-refractivity contribution in [2.24, 2.45) is 0 Å². The molecule has 0 bridgehead atoms. The lowest BCUT2D eigenvalue weighted by molar-refractivity contribution is -0.116. The van der Waals surface area contributed by atoms with E-state index in [0.717, 1.165) is 17.7 Å². The van der Waals surface area contributed by atoms with Gasteiger partial charge in [0.2, 0.25) is 5.91 Å². The van der Waals surface area contributed by atoms with Crippen LogP contribution in [0.4, 0.5) is 5.69 Å². The van der Waals surface area contributed by atoms with Crippen LogP contribution in [-0.4, -0.2) is 5.91 Å². The summed E-state index contributed by atoms with van der Waals surface area (Å²) in [5.74, 6) is -0.0859. The fourth-order valence-electron chi connectivity index (χ4n) is 1.84. The molecule has 0 saturated carbocycles. The summed E-state index contributed by atoms with van der Waals surface area (Å²) < 4.78 is 0. The van der Waals surface area contributed by atoms with Gasteiger partial charge in [0.25, 0.3) is 0 Å². The number of nitrogens with one attached hydrogen (secondary N) is 1. The molecule has 3 nitrogen and oxygen atoms in total. The van der Waals surface area contributed by atoms with E-state index in [-0.39, 0.29) is 5.91 Å². The highest BCUT2D eigenvalue weighted by Crippen LogP contribution is 2.16. The van der Waals surface area contributed by atoms with Crippen LogP contribution >= 0.6 is 11.3 Å². The molecular formula is C16H18N2OS. The summed E-state index contributed by atoms with van der Waals surface area (Å²) in [5, 5.41) is 4.96. The summed E-state index contributed by atoms with van der Waals surface area (Å²) in [4.78, 5) is 13.0. The number of thiophene rings is 1. The zero-order valence-corrected chi connectivity index (χ0v) is 12.2. The second-order valence-corrected chi connectivity index (χ2v) is 5.44. The molecule has 0 atom stereocenters. The van der Waals surface area contributed by atoms with Crippen molar-refractivity contribution in [2.45, 2.75) is 19.9 Å². The van der Waals surface area contributed by atoms with E-state index < -0.39 is 0 Å². The van der Waals surface area contributed by atoms with E-state index >= 15 is 0 Å². The molecule has 1 amide bonds. The minimum atomic E-state index is -0.0859. The molecule has 1 aromatic carbocycles. The maximum absolute atomic E-state index is 11.8. The molecule has 0 aliphatic heterocycles. The number of benzene rings is 1. The Hall–Kier alpha value is -2.07. The van der Waals surface area contributed by atoms with E-state index in [0.29, 0.717) is 6.54 Å². The van der Waals surface area contributed by atoms with Crippen LogP contribution in [0.15, 0.2) is 41.8 Å². The zero-order chi connectivity index (χ0) is 14.4. The van der Waals surface area contributed by atoms with Crippen molar-refractivity contribution in [1.29, 1.82) is 0 Å². The molecule has 2 aromatic rings. The molecule has 0 spiro atoms. The largest absolute Gasteiger partial charge is 0.399 e. The predicted octanol–water partition coefficient (Wildman–Crippen LogP) is 3.22. The van der Waals surface area contributed by atoms with Crippen LogP contribution in [0.3, 0.4) is 0 Å². The van der Waals surface area contributed by atoms with Crippen LogP contribution in [0.2, 0.25) is 0 Å². The predicted molar refractivity (Wildman–Crippen MR) is 85.4 cm³/mol. The number of rotatable bonds is 5. The van der Waals surface area contributed by atoms with E-state index in [9.17, 15) is 4.79 Å². The summed E-state index contributed by atoms with van der Waals surface area (Å²) in [7, 11) is 0. The molecule has 1 aromatic heterocycles. The van der Waals surface area contributed by atoms with Crippen LogP contribution in [0.5, 0.6) is 0 Å². The second kappa shape index (κ2) is 6.91. The maximum atomic E-state index is 11.8. The van der Waals surface area contributed by atoms with E-state index in [2.05, 4.69) is 23.7 Å². The first-order valence-electron chi connectivity index (χ1n) is 6.55. The number of aryl methyl sites for hydroxylation is 1. The smallest absolute Gasteiger partial charge is 0.244 e. The third-order valence-electron chi connectivity index (χ3n) is 3.01. The Morgan fingerprint density at radius 2 is 2.05 bits per heavy atom. The van der Waals surface area contributed by atoms with Crippen molar-refractivity contribution in [3.05, 3.63) is 57.8 Å². The normalized spacial score (nSPS) is 10.8. The highest BCUT2D eigenvalue weighted by molar-refractivity contribution is 7.10. The lowest BCUT2D eigenvalue weighted by Crippen LogP contribution is -2.20. The Balaban J connectivity index is 1.88. The molecule has 1 heterocycles. The van der Waals surface area contributed by atoms with Crippen LogP contribution in [0, 0.1) is 0 Å². The SMILES string of the molecule is CCc1ccsc1CNC(=O)/C=C/c1ccc(N)cc1. The van der Waals surface area contributed by atoms with Gasteiger partial charge in [-0.15, -0.1) is 11.3 Å². The molecule has 0 unspecified atom stereocenters. The first-order chi connectivity index (χ1) is 9.69. The molecule has 4 heteroatoms. The number of amides is 1. The minimum Gasteiger partial charge on any atom is -0.399 e. The number of hydrogen-bond acceptors (Lipinski definition) is 3. The van der Waals surface area contributed by atoms with Crippen molar-refractivity contribution >= 4 is 29.0 Å². The van der Waals surface area contributed by atoms with Gasteiger partial charge in [-0.3, -0.25) is 4.79 Å². The maximum Gasteiger partial charge on any atom is 0.244 e. The summed E-state index contributed by atoms with van der Waals surface area (Å²) in [6, 6.07) is 9.50. The second-order valence-electron chi connectivity index (χ2n) is 4.44. The molecule has 0 saturated heterocycles. The van der Waals surface area contributed by atoms with Crippen molar-refractivity contribution in [3.63, 3.8) is 0 Å². The van der Waals surface area contributed by atoms with E-state index in [1.54, 1.807) is 23.5 Å². The van der Waals surface area contributed by atoms with Gasteiger partial charge in [-0.2, -0.15) is 0 Å². The molecule has 20 heavy (non-hydrogen) atoms. The molecule has 3 N–H and O–H groups in total. The van der Waals surface area contributed by atoms with Gasteiger partial charge in [-0.05, 0) is 47.2 Å². The van der Waals surface area contributed by atoms with E-state index in [1.807, 2.05) is 24.3 Å². The van der Waals surface area contributed by atoms with Gasteiger partial charge in [0.1, 0.15) is 0 Å².